The molecule has 1 fully saturated rings. The van der Waals surface area contributed by atoms with Gasteiger partial charge in [0, 0.05) is 19.2 Å². The van der Waals surface area contributed by atoms with Crippen molar-refractivity contribution in [2.45, 2.75) is 24.8 Å². The molecule has 0 bridgehead atoms. The fourth-order valence-electron chi connectivity index (χ4n) is 2.51. The van der Waals surface area contributed by atoms with Crippen LogP contribution >= 0.6 is 15.9 Å². The smallest absolute Gasteiger partial charge is 0.244 e. The first-order valence-corrected chi connectivity index (χ1v) is 9.38. The Morgan fingerprint density at radius 1 is 1.52 bits per heavy atom. The Balaban J connectivity index is 1.98. The third kappa shape index (κ3) is 4.29. The summed E-state index contributed by atoms with van der Waals surface area (Å²) < 4.78 is 33.0. The van der Waals surface area contributed by atoms with Crippen molar-refractivity contribution in [3.05, 3.63) is 16.5 Å². The Morgan fingerprint density at radius 2 is 2.29 bits per heavy atom. The van der Waals surface area contributed by atoms with Gasteiger partial charge >= 0.3 is 0 Å². The van der Waals surface area contributed by atoms with E-state index in [0.29, 0.717) is 24.8 Å². The summed E-state index contributed by atoms with van der Waals surface area (Å²) in [5, 5.41) is 2.93. The van der Waals surface area contributed by atoms with E-state index in [0.717, 1.165) is 26.1 Å². The normalized spacial score (nSPS) is 20.2. The van der Waals surface area contributed by atoms with Crippen LogP contribution in [0.2, 0.25) is 0 Å². The van der Waals surface area contributed by atoms with Crippen LogP contribution in [-0.4, -0.2) is 46.5 Å². The number of halogens is 1. The third-order valence-corrected chi connectivity index (χ3v) is 6.01. The molecule has 1 unspecified atom stereocenters. The molecular weight excluding hydrogens is 358 g/mol. The molecule has 21 heavy (non-hydrogen) atoms. The van der Waals surface area contributed by atoms with Crippen LogP contribution in [0, 0.1) is 5.92 Å². The van der Waals surface area contributed by atoms with Gasteiger partial charge in [-0.3, -0.25) is 0 Å². The molecule has 0 amide bonds. The highest BCUT2D eigenvalue weighted by Crippen LogP contribution is 2.26. The van der Waals surface area contributed by atoms with Gasteiger partial charge in [-0.15, -0.1) is 0 Å². The molecule has 1 aliphatic heterocycles. The number of hydrogen-bond acceptors (Lipinski definition) is 5. The van der Waals surface area contributed by atoms with Crippen LogP contribution in [0.4, 0.5) is 0 Å². The molecule has 1 aromatic heterocycles. The van der Waals surface area contributed by atoms with Gasteiger partial charge in [0.15, 0.2) is 4.67 Å². The predicted octanol–water partition coefficient (Wildman–Crippen LogP) is 1.38. The first kappa shape index (κ1) is 17.0. The molecule has 8 heteroatoms. The Morgan fingerprint density at radius 3 is 2.90 bits per heavy atom. The van der Waals surface area contributed by atoms with E-state index >= 15 is 0 Å². The van der Waals surface area contributed by atoms with Crippen molar-refractivity contribution >= 4 is 26.0 Å². The van der Waals surface area contributed by atoms with E-state index in [4.69, 9.17) is 4.42 Å². The van der Waals surface area contributed by atoms with Crippen molar-refractivity contribution < 1.29 is 12.8 Å². The Labute approximate surface area is 134 Å². The Bertz CT molecular complexity index is 573. The largest absolute Gasteiger partial charge is 0.452 e. The lowest BCUT2D eigenvalue weighted by molar-refractivity contribution is 0.342. The summed E-state index contributed by atoms with van der Waals surface area (Å²) in [6.07, 6.45) is 1.04. The molecule has 2 heterocycles. The Kier molecular flexibility index (Phi) is 5.84. The summed E-state index contributed by atoms with van der Waals surface area (Å²) in [4.78, 5) is 2.50. The van der Waals surface area contributed by atoms with E-state index in [9.17, 15) is 8.42 Å². The molecule has 1 aromatic rings. The molecule has 6 nitrogen and oxygen atoms in total. The number of likely N-dealkylation sites (tertiary alicyclic amines) is 1. The lowest BCUT2D eigenvalue weighted by atomic mass is 10.1. The van der Waals surface area contributed by atoms with E-state index in [1.165, 1.54) is 0 Å². The molecule has 120 valence electrons. The van der Waals surface area contributed by atoms with E-state index in [2.05, 4.69) is 37.8 Å². The standard InChI is InChI=1S/C13H22BrN3O3S/c1-3-17-5-4-10(9-17)7-16-21(18,19)12-6-11(8-15-2)20-13(12)14/h6,10,15-16H,3-5,7-9H2,1-2H3. The number of furan rings is 1. The summed E-state index contributed by atoms with van der Waals surface area (Å²) in [6, 6.07) is 1.55. The van der Waals surface area contributed by atoms with Crippen LogP contribution in [0.3, 0.4) is 0 Å². The van der Waals surface area contributed by atoms with Gasteiger partial charge in [0.2, 0.25) is 10.0 Å². The van der Waals surface area contributed by atoms with Crippen LogP contribution < -0.4 is 10.0 Å². The SMILES string of the molecule is CCN1CCC(CNS(=O)(=O)c2cc(CNC)oc2Br)C1. The number of nitrogens with zero attached hydrogens (tertiary/aromatic N) is 1. The molecule has 0 saturated carbocycles. The first-order valence-electron chi connectivity index (χ1n) is 7.11. The molecule has 0 aromatic carbocycles. The Hall–Kier alpha value is -0.410. The second-order valence-electron chi connectivity index (χ2n) is 5.28. The summed E-state index contributed by atoms with van der Waals surface area (Å²) in [7, 11) is -1.76. The zero-order valence-corrected chi connectivity index (χ0v) is 14.8. The van der Waals surface area contributed by atoms with Crippen molar-refractivity contribution in [3.63, 3.8) is 0 Å². The van der Waals surface area contributed by atoms with Gasteiger partial charge in [-0.05, 0) is 48.4 Å². The summed E-state index contributed by atoms with van der Waals surface area (Å²) in [5.74, 6) is 0.963. The van der Waals surface area contributed by atoms with Gasteiger partial charge in [0.1, 0.15) is 10.7 Å². The van der Waals surface area contributed by atoms with Crippen molar-refractivity contribution in [1.82, 2.24) is 14.9 Å². The number of sulfonamides is 1. The fourth-order valence-corrected chi connectivity index (χ4v) is 4.63. The zero-order chi connectivity index (χ0) is 15.5. The molecular formula is C13H22BrN3O3S. The van der Waals surface area contributed by atoms with Gasteiger partial charge in [-0.2, -0.15) is 0 Å². The van der Waals surface area contributed by atoms with Gasteiger partial charge in [-0.1, -0.05) is 6.92 Å². The van der Waals surface area contributed by atoms with Gasteiger partial charge in [0.05, 0.1) is 6.54 Å². The highest BCUT2D eigenvalue weighted by molar-refractivity contribution is 9.10. The summed E-state index contributed by atoms with van der Waals surface area (Å²) in [5.41, 5.74) is 0. The van der Waals surface area contributed by atoms with Crippen LogP contribution in [0.5, 0.6) is 0 Å². The molecule has 2 N–H and O–H groups in total. The number of nitrogens with one attached hydrogen (secondary N) is 2. The van der Waals surface area contributed by atoms with E-state index in [-0.39, 0.29) is 9.56 Å². The average Bonchev–Trinajstić information content (AvgIpc) is 3.04. The van der Waals surface area contributed by atoms with Crippen LogP contribution in [-0.2, 0) is 16.6 Å². The lowest BCUT2D eigenvalue weighted by Gasteiger charge is -2.13. The minimum atomic E-state index is -3.54. The monoisotopic (exact) mass is 379 g/mol. The minimum absolute atomic E-state index is 0.165. The van der Waals surface area contributed by atoms with E-state index in [1.807, 2.05) is 0 Å². The topological polar surface area (TPSA) is 74.6 Å². The van der Waals surface area contributed by atoms with E-state index in [1.54, 1.807) is 13.1 Å². The number of rotatable bonds is 7. The van der Waals surface area contributed by atoms with Gasteiger partial charge < -0.3 is 14.6 Å². The maximum Gasteiger partial charge on any atom is 0.244 e. The second kappa shape index (κ2) is 7.23. The maximum absolute atomic E-state index is 12.3. The molecule has 0 aliphatic carbocycles. The molecule has 0 spiro atoms. The molecule has 2 rings (SSSR count). The predicted molar refractivity (Wildman–Crippen MR) is 84.6 cm³/mol. The lowest BCUT2D eigenvalue weighted by Crippen LogP contribution is -2.31. The highest BCUT2D eigenvalue weighted by Gasteiger charge is 2.26. The van der Waals surface area contributed by atoms with Gasteiger partial charge in [0.25, 0.3) is 0 Å². The quantitative estimate of drug-likeness (QED) is 0.748. The van der Waals surface area contributed by atoms with Crippen LogP contribution in [0.1, 0.15) is 19.1 Å². The molecule has 1 aliphatic rings. The van der Waals surface area contributed by atoms with Crippen LogP contribution in [0.15, 0.2) is 20.0 Å². The number of hydrogen-bond donors (Lipinski definition) is 2. The zero-order valence-electron chi connectivity index (χ0n) is 12.4. The highest BCUT2D eigenvalue weighted by atomic mass is 79.9. The summed E-state index contributed by atoms with van der Waals surface area (Å²) in [6.45, 7) is 6.10. The molecule has 0 radical (unpaired) electrons. The van der Waals surface area contributed by atoms with Crippen LogP contribution in [0.25, 0.3) is 0 Å². The molecule has 1 saturated heterocycles. The van der Waals surface area contributed by atoms with E-state index < -0.39 is 10.0 Å². The van der Waals surface area contributed by atoms with Crippen molar-refractivity contribution in [1.29, 1.82) is 0 Å². The van der Waals surface area contributed by atoms with Gasteiger partial charge in [-0.25, -0.2) is 13.1 Å². The fraction of sp³-hybridized carbons (Fsp3) is 0.692. The maximum atomic E-state index is 12.3. The second-order valence-corrected chi connectivity index (χ2v) is 7.74. The first-order chi connectivity index (χ1) is 9.96. The molecule has 1 atom stereocenters. The summed E-state index contributed by atoms with van der Waals surface area (Å²) >= 11 is 3.18. The minimum Gasteiger partial charge on any atom is -0.452 e. The van der Waals surface area contributed by atoms with Crippen molar-refractivity contribution in [2.75, 3.05) is 33.2 Å². The van der Waals surface area contributed by atoms with Crippen molar-refractivity contribution in [2.24, 2.45) is 5.92 Å². The average molecular weight is 380 g/mol. The van der Waals surface area contributed by atoms with Crippen molar-refractivity contribution in [3.8, 4) is 0 Å². The third-order valence-electron chi connectivity index (χ3n) is 3.73.